The Bertz CT molecular complexity index is 1540. The summed E-state index contributed by atoms with van der Waals surface area (Å²) < 4.78 is 60.6. The normalized spacial score (nSPS) is 11.4. The van der Waals surface area contributed by atoms with E-state index in [4.69, 9.17) is 8.37 Å². The maximum atomic E-state index is 12.5. The van der Waals surface area contributed by atoms with Crippen LogP contribution < -0.4 is 19.0 Å². The predicted octanol–water partition coefficient (Wildman–Crippen LogP) is 5.48. The van der Waals surface area contributed by atoms with Gasteiger partial charge in [0, 0.05) is 23.5 Å². The van der Waals surface area contributed by atoms with Crippen molar-refractivity contribution in [1.82, 2.24) is 0 Å². The first-order valence-electron chi connectivity index (χ1n) is 11.3. The zero-order valence-electron chi connectivity index (χ0n) is 20.4. The molecule has 38 heavy (non-hydrogen) atoms. The highest BCUT2D eigenvalue weighted by atomic mass is 32.2. The predicted molar refractivity (Wildman–Crippen MR) is 144 cm³/mol. The highest BCUT2D eigenvalue weighted by Crippen LogP contribution is 2.24. The van der Waals surface area contributed by atoms with E-state index in [0.29, 0.717) is 0 Å². The van der Waals surface area contributed by atoms with Crippen molar-refractivity contribution < 1.29 is 30.0 Å². The van der Waals surface area contributed by atoms with Gasteiger partial charge in [-0.15, -0.1) is 0 Å². The van der Waals surface area contributed by atoms with E-state index in [1.54, 1.807) is 36.4 Å². The fourth-order valence-corrected chi connectivity index (χ4v) is 5.15. The van der Waals surface area contributed by atoms with Gasteiger partial charge in [-0.3, -0.25) is 0 Å². The van der Waals surface area contributed by atoms with Crippen LogP contribution in [0.1, 0.15) is 11.1 Å². The van der Waals surface area contributed by atoms with Crippen LogP contribution >= 0.6 is 0 Å². The number of hydrogen-bond donors (Lipinski definition) is 2. The molecule has 0 aliphatic rings. The molecule has 0 heterocycles. The fourth-order valence-electron chi connectivity index (χ4n) is 3.30. The Morgan fingerprint density at radius 2 is 0.947 bits per heavy atom. The average Bonchev–Trinajstić information content (AvgIpc) is 2.84. The molecule has 196 valence electrons. The Kier molecular flexibility index (Phi) is 7.70. The summed E-state index contributed by atoms with van der Waals surface area (Å²) >= 11 is 0. The van der Waals surface area contributed by atoms with Gasteiger partial charge in [-0.2, -0.15) is 16.8 Å². The molecule has 0 saturated heterocycles. The minimum atomic E-state index is -4.06. The number of carbonyl (C=O) groups is 1. The largest absolute Gasteiger partial charge is 0.379 e. The molecule has 2 amide bonds. The van der Waals surface area contributed by atoms with Crippen molar-refractivity contribution in [3.63, 3.8) is 0 Å². The van der Waals surface area contributed by atoms with Crippen molar-refractivity contribution in [1.29, 1.82) is 0 Å². The second-order valence-corrected chi connectivity index (χ2v) is 11.4. The smallest absolute Gasteiger partial charge is 0.339 e. The third-order valence-corrected chi connectivity index (χ3v) is 7.74. The lowest BCUT2D eigenvalue weighted by atomic mass is 10.2. The van der Waals surface area contributed by atoms with Crippen LogP contribution in [0.25, 0.3) is 0 Å². The number of carbonyl (C=O) groups excluding carboxylic acids is 1. The second kappa shape index (κ2) is 11.0. The van der Waals surface area contributed by atoms with Crippen LogP contribution in [0.5, 0.6) is 11.5 Å². The number of nitrogens with one attached hydrogen (secondary N) is 2. The summed E-state index contributed by atoms with van der Waals surface area (Å²) in [6.45, 7) is 3.68. The molecule has 11 heteroatoms. The van der Waals surface area contributed by atoms with Gasteiger partial charge in [0.15, 0.2) is 0 Å². The molecule has 0 atom stereocenters. The molecule has 0 aromatic heterocycles. The van der Waals surface area contributed by atoms with Gasteiger partial charge in [0.1, 0.15) is 21.3 Å². The lowest BCUT2D eigenvalue weighted by molar-refractivity contribution is 0.262. The summed E-state index contributed by atoms with van der Waals surface area (Å²) in [5, 5.41) is 5.16. The van der Waals surface area contributed by atoms with Crippen LogP contribution in [0.3, 0.4) is 0 Å². The van der Waals surface area contributed by atoms with E-state index in [-0.39, 0.29) is 32.7 Å². The Morgan fingerprint density at radius 3 is 1.32 bits per heavy atom. The number of benzene rings is 4. The summed E-state index contributed by atoms with van der Waals surface area (Å²) in [5.41, 5.74) is 2.36. The molecule has 4 rings (SSSR count). The minimum absolute atomic E-state index is 0.00528. The first-order chi connectivity index (χ1) is 18.0. The highest BCUT2D eigenvalue weighted by Gasteiger charge is 2.18. The van der Waals surface area contributed by atoms with Gasteiger partial charge >= 0.3 is 26.3 Å². The summed E-state index contributed by atoms with van der Waals surface area (Å²) in [4.78, 5) is 12.6. The quantitative estimate of drug-likeness (QED) is 0.277. The van der Waals surface area contributed by atoms with Crippen LogP contribution in [0.4, 0.5) is 16.2 Å². The van der Waals surface area contributed by atoms with Crippen LogP contribution in [0.2, 0.25) is 0 Å². The molecule has 0 spiro atoms. The molecule has 0 saturated carbocycles. The number of amides is 2. The van der Waals surface area contributed by atoms with Gasteiger partial charge in [-0.05, 0) is 62.4 Å². The Labute approximate surface area is 221 Å². The van der Waals surface area contributed by atoms with Crippen LogP contribution in [0, 0.1) is 13.8 Å². The molecule has 9 nitrogen and oxygen atoms in total. The standard InChI is InChI=1S/C27H24N2O7S2/c1-19-9-13-25(14-10-19)37(31,32)35-23-7-3-5-21(17-23)28-27(30)29-22-6-4-8-24(18-22)36-38(33,34)26-15-11-20(2)12-16-26/h3-18H,1-2H3,(H2,28,29,30). The van der Waals surface area contributed by atoms with Crippen molar-refractivity contribution in [3.8, 4) is 11.5 Å². The molecule has 0 fully saturated rings. The van der Waals surface area contributed by atoms with E-state index in [1.807, 2.05) is 13.8 Å². The maximum absolute atomic E-state index is 12.5. The molecule has 0 bridgehead atoms. The zero-order valence-corrected chi connectivity index (χ0v) is 22.0. The highest BCUT2D eigenvalue weighted by molar-refractivity contribution is 7.87. The van der Waals surface area contributed by atoms with Crippen LogP contribution in [-0.2, 0) is 20.2 Å². The summed E-state index contributed by atoms with van der Waals surface area (Å²) in [6.07, 6.45) is 0. The number of urea groups is 1. The molecule has 0 unspecified atom stereocenters. The minimum Gasteiger partial charge on any atom is -0.379 e. The topological polar surface area (TPSA) is 128 Å². The van der Waals surface area contributed by atoms with Gasteiger partial charge in [-0.1, -0.05) is 47.5 Å². The first-order valence-corrected chi connectivity index (χ1v) is 14.1. The summed E-state index contributed by atoms with van der Waals surface area (Å²) in [7, 11) is -8.11. The Morgan fingerprint density at radius 1 is 0.579 bits per heavy atom. The van der Waals surface area contributed by atoms with E-state index in [0.717, 1.165) is 11.1 Å². The summed E-state index contributed by atoms with van der Waals surface area (Å²) in [5.74, 6) is 0.0279. The molecule has 0 aliphatic carbocycles. The van der Waals surface area contributed by atoms with Crippen molar-refractivity contribution >= 4 is 37.6 Å². The molecule has 0 radical (unpaired) electrons. The third-order valence-electron chi connectivity index (χ3n) is 5.21. The lowest BCUT2D eigenvalue weighted by Gasteiger charge is -2.11. The lowest BCUT2D eigenvalue weighted by Crippen LogP contribution is -2.19. The van der Waals surface area contributed by atoms with Crippen LogP contribution in [-0.4, -0.2) is 22.9 Å². The van der Waals surface area contributed by atoms with E-state index in [1.165, 1.54) is 60.7 Å². The molecule has 4 aromatic carbocycles. The van der Waals surface area contributed by atoms with Gasteiger partial charge in [0.25, 0.3) is 0 Å². The average molecular weight is 553 g/mol. The van der Waals surface area contributed by atoms with Gasteiger partial charge in [-0.25, -0.2) is 4.79 Å². The number of aryl methyl sites for hydroxylation is 2. The van der Waals surface area contributed by atoms with Crippen molar-refractivity contribution in [2.45, 2.75) is 23.6 Å². The van der Waals surface area contributed by atoms with E-state index in [9.17, 15) is 21.6 Å². The number of hydrogen-bond acceptors (Lipinski definition) is 7. The first kappa shape index (κ1) is 26.7. The van der Waals surface area contributed by atoms with E-state index >= 15 is 0 Å². The maximum Gasteiger partial charge on any atom is 0.339 e. The van der Waals surface area contributed by atoms with E-state index in [2.05, 4.69) is 10.6 Å². The molecule has 4 aromatic rings. The Balaban J connectivity index is 1.41. The number of anilines is 2. The Hall–Kier alpha value is -4.35. The van der Waals surface area contributed by atoms with E-state index < -0.39 is 26.3 Å². The van der Waals surface area contributed by atoms with Gasteiger partial charge in [0.2, 0.25) is 0 Å². The molecular formula is C27H24N2O7S2. The summed E-state index contributed by atoms with van der Waals surface area (Å²) in [6, 6.07) is 23.6. The SMILES string of the molecule is Cc1ccc(S(=O)(=O)Oc2cccc(NC(=O)Nc3cccc(OS(=O)(=O)c4ccc(C)cc4)c3)c2)cc1. The number of rotatable bonds is 8. The third kappa shape index (κ3) is 6.90. The zero-order chi connectivity index (χ0) is 27.3. The monoisotopic (exact) mass is 552 g/mol. The molecule has 0 aliphatic heterocycles. The van der Waals surface area contributed by atoms with Gasteiger partial charge in [0.05, 0.1) is 0 Å². The molecule has 2 N–H and O–H groups in total. The fraction of sp³-hybridized carbons (Fsp3) is 0.0741. The van der Waals surface area contributed by atoms with Crippen molar-refractivity contribution in [3.05, 3.63) is 108 Å². The van der Waals surface area contributed by atoms with Crippen molar-refractivity contribution in [2.24, 2.45) is 0 Å². The van der Waals surface area contributed by atoms with Crippen LogP contribution in [0.15, 0.2) is 107 Å². The molecular weight excluding hydrogens is 528 g/mol. The van der Waals surface area contributed by atoms with Gasteiger partial charge < -0.3 is 19.0 Å². The van der Waals surface area contributed by atoms with Crippen molar-refractivity contribution in [2.75, 3.05) is 10.6 Å². The second-order valence-electron chi connectivity index (χ2n) is 8.34.